The highest BCUT2D eigenvalue weighted by Crippen LogP contribution is 2.18. The van der Waals surface area contributed by atoms with E-state index in [9.17, 15) is 4.79 Å². The average molecular weight is 188 g/mol. The first-order valence-electron chi connectivity index (χ1n) is 4.05. The summed E-state index contributed by atoms with van der Waals surface area (Å²) in [5, 5.41) is 11.8. The van der Waals surface area contributed by atoms with E-state index in [2.05, 4.69) is 0 Å². The highest BCUT2D eigenvalue weighted by Gasteiger charge is 1.96. The van der Waals surface area contributed by atoms with Gasteiger partial charge in [0.1, 0.15) is 5.75 Å². The molecule has 1 aromatic heterocycles. The molecule has 0 aliphatic rings. The quantitative estimate of drug-likeness (QED) is 0.686. The Morgan fingerprint density at radius 3 is 1.92 bits per heavy atom. The lowest BCUT2D eigenvalue weighted by Gasteiger charge is -1.79. The SMILES string of the molecule is CC.CC.O=Cc1cscc1O. The van der Waals surface area contributed by atoms with Gasteiger partial charge in [0.2, 0.25) is 0 Å². The van der Waals surface area contributed by atoms with Crippen molar-refractivity contribution in [3.05, 3.63) is 16.3 Å². The van der Waals surface area contributed by atoms with E-state index in [0.717, 1.165) is 0 Å². The number of hydrogen-bond donors (Lipinski definition) is 1. The highest BCUT2D eigenvalue weighted by atomic mass is 32.1. The zero-order valence-corrected chi connectivity index (χ0v) is 8.81. The molecule has 0 amide bonds. The van der Waals surface area contributed by atoms with Crippen molar-refractivity contribution in [1.82, 2.24) is 0 Å². The minimum Gasteiger partial charge on any atom is -0.506 e. The summed E-state index contributed by atoms with van der Waals surface area (Å²) in [6.45, 7) is 8.00. The molecule has 0 bridgehead atoms. The third-order valence-corrected chi connectivity index (χ3v) is 1.55. The topological polar surface area (TPSA) is 37.3 Å². The van der Waals surface area contributed by atoms with E-state index in [4.69, 9.17) is 5.11 Å². The Kier molecular flexibility index (Phi) is 11.6. The molecule has 0 unspecified atom stereocenters. The van der Waals surface area contributed by atoms with Crippen molar-refractivity contribution in [2.45, 2.75) is 27.7 Å². The van der Waals surface area contributed by atoms with Crippen LogP contribution in [0.5, 0.6) is 5.75 Å². The van der Waals surface area contributed by atoms with Crippen LogP contribution < -0.4 is 0 Å². The third-order valence-electron chi connectivity index (χ3n) is 0.797. The summed E-state index contributed by atoms with van der Waals surface area (Å²) in [7, 11) is 0. The standard InChI is InChI=1S/C5H4O2S.2C2H6/c6-1-4-2-8-3-5(4)7;2*1-2/h1-3,7H;2*1-2H3. The van der Waals surface area contributed by atoms with Crippen molar-refractivity contribution in [2.75, 3.05) is 0 Å². The second-order valence-electron chi connectivity index (χ2n) is 1.33. The van der Waals surface area contributed by atoms with Gasteiger partial charge in [-0.25, -0.2) is 0 Å². The smallest absolute Gasteiger partial charge is 0.154 e. The maximum atomic E-state index is 9.94. The lowest BCUT2D eigenvalue weighted by Crippen LogP contribution is -1.69. The van der Waals surface area contributed by atoms with Gasteiger partial charge in [-0.1, -0.05) is 27.7 Å². The molecule has 0 atom stereocenters. The molecule has 2 nitrogen and oxygen atoms in total. The van der Waals surface area contributed by atoms with Gasteiger partial charge in [0.15, 0.2) is 6.29 Å². The molecular weight excluding hydrogens is 172 g/mol. The van der Waals surface area contributed by atoms with Crippen LogP contribution >= 0.6 is 11.3 Å². The fourth-order valence-corrected chi connectivity index (χ4v) is 1.04. The molecule has 0 radical (unpaired) electrons. The molecule has 0 fully saturated rings. The van der Waals surface area contributed by atoms with Crippen molar-refractivity contribution in [1.29, 1.82) is 0 Å². The Morgan fingerprint density at radius 1 is 1.25 bits per heavy atom. The molecule has 0 aliphatic heterocycles. The number of aldehydes is 1. The molecular formula is C9H16O2S. The summed E-state index contributed by atoms with van der Waals surface area (Å²) in [5.74, 6) is 0.0741. The Labute approximate surface area is 77.9 Å². The summed E-state index contributed by atoms with van der Waals surface area (Å²) >= 11 is 1.31. The van der Waals surface area contributed by atoms with Crippen LogP contribution in [-0.4, -0.2) is 11.4 Å². The predicted molar refractivity (Wildman–Crippen MR) is 54.1 cm³/mol. The molecule has 0 saturated carbocycles. The van der Waals surface area contributed by atoms with Crippen molar-refractivity contribution >= 4 is 17.6 Å². The van der Waals surface area contributed by atoms with E-state index in [1.807, 2.05) is 27.7 Å². The number of hydrogen-bond acceptors (Lipinski definition) is 3. The Hall–Kier alpha value is -0.830. The summed E-state index contributed by atoms with van der Waals surface area (Å²) in [6.07, 6.45) is 0.631. The molecule has 1 rings (SSSR count). The van der Waals surface area contributed by atoms with Gasteiger partial charge in [-0.3, -0.25) is 4.79 Å². The van der Waals surface area contributed by atoms with Crippen LogP contribution in [0.3, 0.4) is 0 Å². The summed E-state index contributed by atoms with van der Waals surface area (Å²) < 4.78 is 0. The van der Waals surface area contributed by atoms with Crippen molar-refractivity contribution in [3.63, 3.8) is 0 Å². The summed E-state index contributed by atoms with van der Waals surface area (Å²) in [4.78, 5) is 9.94. The molecule has 70 valence electrons. The summed E-state index contributed by atoms with van der Waals surface area (Å²) in [5.41, 5.74) is 0.370. The number of thiophene rings is 1. The third kappa shape index (κ3) is 4.91. The van der Waals surface area contributed by atoms with Gasteiger partial charge in [-0.15, -0.1) is 11.3 Å². The summed E-state index contributed by atoms with van der Waals surface area (Å²) in [6, 6.07) is 0. The molecule has 0 saturated heterocycles. The number of carbonyl (C=O) groups excluding carboxylic acids is 1. The molecule has 0 spiro atoms. The second-order valence-corrected chi connectivity index (χ2v) is 2.07. The van der Waals surface area contributed by atoms with E-state index in [1.165, 1.54) is 16.7 Å². The molecule has 1 N–H and O–H groups in total. The van der Waals surface area contributed by atoms with E-state index in [1.54, 1.807) is 5.38 Å². The predicted octanol–water partition coefficient (Wildman–Crippen LogP) is 3.32. The Balaban J connectivity index is 0. The number of aromatic hydroxyl groups is 1. The van der Waals surface area contributed by atoms with Gasteiger partial charge >= 0.3 is 0 Å². The minimum absolute atomic E-state index is 0.0741. The maximum absolute atomic E-state index is 9.94. The first-order valence-corrected chi connectivity index (χ1v) is 4.99. The Morgan fingerprint density at radius 2 is 1.75 bits per heavy atom. The fraction of sp³-hybridized carbons (Fsp3) is 0.444. The van der Waals surface area contributed by atoms with E-state index in [0.29, 0.717) is 11.8 Å². The molecule has 1 aromatic rings. The zero-order valence-electron chi connectivity index (χ0n) is 8.00. The van der Waals surface area contributed by atoms with Gasteiger partial charge in [0, 0.05) is 10.8 Å². The highest BCUT2D eigenvalue weighted by molar-refractivity contribution is 7.08. The molecule has 0 aliphatic carbocycles. The molecule has 3 heteroatoms. The van der Waals surface area contributed by atoms with Crippen LogP contribution in [0.2, 0.25) is 0 Å². The molecule has 0 aromatic carbocycles. The first-order chi connectivity index (χ1) is 5.84. The van der Waals surface area contributed by atoms with E-state index in [-0.39, 0.29) is 5.75 Å². The van der Waals surface area contributed by atoms with Crippen LogP contribution in [0.4, 0.5) is 0 Å². The van der Waals surface area contributed by atoms with Crippen LogP contribution in [0.1, 0.15) is 38.1 Å². The van der Waals surface area contributed by atoms with Crippen LogP contribution in [0.25, 0.3) is 0 Å². The van der Waals surface area contributed by atoms with Crippen molar-refractivity contribution < 1.29 is 9.90 Å². The van der Waals surface area contributed by atoms with E-state index < -0.39 is 0 Å². The van der Waals surface area contributed by atoms with Crippen LogP contribution in [0.15, 0.2) is 10.8 Å². The first kappa shape index (κ1) is 13.7. The maximum Gasteiger partial charge on any atom is 0.154 e. The molecule has 12 heavy (non-hydrogen) atoms. The van der Waals surface area contributed by atoms with Gasteiger partial charge in [0.05, 0.1) is 5.56 Å². The number of carbonyl (C=O) groups is 1. The second kappa shape index (κ2) is 10.2. The van der Waals surface area contributed by atoms with E-state index >= 15 is 0 Å². The van der Waals surface area contributed by atoms with Crippen LogP contribution in [-0.2, 0) is 0 Å². The Bertz CT molecular complexity index is 194. The zero-order chi connectivity index (χ0) is 9.98. The minimum atomic E-state index is 0.0741. The average Bonchev–Trinajstić information content (AvgIpc) is 2.58. The van der Waals surface area contributed by atoms with Gasteiger partial charge in [-0.05, 0) is 0 Å². The normalized spacial score (nSPS) is 7.00. The largest absolute Gasteiger partial charge is 0.506 e. The number of rotatable bonds is 1. The monoisotopic (exact) mass is 188 g/mol. The molecule has 1 heterocycles. The lowest BCUT2D eigenvalue weighted by atomic mass is 10.4. The van der Waals surface area contributed by atoms with Gasteiger partial charge in [0.25, 0.3) is 0 Å². The van der Waals surface area contributed by atoms with Gasteiger partial charge < -0.3 is 5.11 Å². The van der Waals surface area contributed by atoms with Crippen molar-refractivity contribution in [3.8, 4) is 5.75 Å². The van der Waals surface area contributed by atoms with Crippen LogP contribution in [0, 0.1) is 0 Å². The van der Waals surface area contributed by atoms with Gasteiger partial charge in [-0.2, -0.15) is 0 Å². The lowest BCUT2D eigenvalue weighted by molar-refractivity contribution is 0.112. The van der Waals surface area contributed by atoms with Crippen molar-refractivity contribution in [2.24, 2.45) is 0 Å². The fourth-order valence-electron chi connectivity index (χ4n) is 0.388.